The van der Waals surface area contributed by atoms with Gasteiger partial charge in [-0.2, -0.15) is 0 Å². The molecule has 0 saturated heterocycles. The monoisotopic (exact) mass is 484 g/mol. The Kier molecular flexibility index (Phi) is 6.24. The number of pyridine rings is 2. The summed E-state index contributed by atoms with van der Waals surface area (Å²) in [6, 6.07) is 17.7. The fraction of sp³-hybridized carbons (Fsp3) is 0.179. The Morgan fingerprint density at radius 1 is 1.03 bits per heavy atom. The third kappa shape index (κ3) is 4.27. The smallest absolute Gasteiger partial charge is 0.141 e. The third-order valence-electron chi connectivity index (χ3n) is 5.86. The first kappa shape index (κ1) is 23.0. The van der Waals surface area contributed by atoms with Crippen molar-refractivity contribution in [1.29, 1.82) is 0 Å². The Balaban J connectivity index is 1.81. The van der Waals surface area contributed by atoms with E-state index in [9.17, 15) is 5.11 Å². The van der Waals surface area contributed by atoms with Crippen LogP contribution in [0.4, 0.5) is 0 Å². The van der Waals surface area contributed by atoms with Gasteiger partial charge in [-0.15, -0.1) is 0 Å². The average molecular weight is 485 g/mol. The first-order valence-corrected chi connectivity index (χ1v) is 11.8. The van der Waals surface area contributed by atoms with E-state index in [0.29, 0.717) is 10.9 Å². The van der Waals surface area contributed by atoms with Crippen molar-refractivity contribution in [3.05, 3.63) is 84.0 Å². The van der Waals surface area contributed by atoms with Gasteiger partial charge in [0.1, 0.15) is 10.9 Å². The van der Waals surface area contributed by atoms with E-state index < -0.39 is 0 Å². The molecule has 176 valence electrons. The molecule has 7 heteroatoms. The SMILES string of the molecule is CC(C)Oc1c(-c2ccccc2)c(Cl)nc2ccc(-c3c(CO)ccnc3-c3cncn3C)cc12. The largest absolute Gasteiger partial charge is 0.490 e. The van der Waals surface area contributed by atoms with Crippen LogP contribution in [0, 0.1) is 0 Å². The second kappa shape index (κ2) is 9.49. The van der Waals surface area contributed by atoms with Crippen LogP contribution in [0.3, 0.4) is 0 Å². The summed E-state index contributed by atoms with van der Waals surface area (Å²) in [5, 5.41) is 11.4. The minimum atomic E-state index is -0.121. The quantitative estimate of drug-likeness (QED) is 0.286. The summed E-state index contributed by atoms with van der Waals surface area (Å²) in [6.45, 7) is 3.86. The van der Waals surface area contributed by atoms with Gasteiger partial charge in [-0.1, -0.05) is 48.0 Å². The predicted octanol–water partition coefficient (Wildman–Crippen LogP) is 6.30. The van der Waals surface area contributed by atoms with Crippen molar-refractivity contribution in [2.45, 2.75) is 26.6 Å². The molecule has 6 nitrogen and oxygen atoms in total. The highest BCUT2D eigenvalue weighted by molar-refractivity contribution is 6.33. The van der Waals surface area contributed by atoms with E-state index in [1.54, 1.807) is 18.7 Å². The van der Waals surface area contributed by atoms with Crippen LogP contribution >= 0.6 is 11.6 Å². The van der Waals surface area contributed by atoms with Crippen LogP contribution in [0.25, 0.3) is 44.5 Å². The molecule has 0 atom stereocenters. The van der Waals surface area contributed by atoms with Crippen molar-refractivity contribution < 1.29 is 9.84 Å². The molecule has 3 aromatic heterocycles. The molecule has 35 heavy (non-hydrogen) atoms. The first-order valence-electron chi connectivity index (χ1n) is 11.4. The van der Waals surface area contributed by atoms with Crippen molar-refractivity contribution >= 4 is 22.5 Å². The van der Waals surface area contributed by atoms with Crippen LogP contribution in [-0.4, -0.2) is 30.7 Å². The number of rotatable bonds is 6. The van der Waals surface area contributed by atoms with Gasteiger partial charge in [0, 0.05) is 24.2 Å². The number of benzene rings is 2. The van der Waals surface area contributed by atoms with Crippen molar-refractivity contribution in [3.63, 3.8) is 0 Å². The highest BCUT2D eigenvalue weighted by Crippen LogP contribution is 2.43. The van der Waals surface area contributed by atoms with Gasteiger partial charge in [0.25, 0.3) is 0 Å². The van der Waals surface area contributed by atoms with Crippen LogP contribution in [-0.2, 0) is 13.7 Å². The van der Waals surface area contributed by atoms with Gasteiger partial charge in [-0.25, -0.2) is 9.97 Å². The highest BCUT2D eigenvalue weighted by Gasteiger charge is 2.21. The van der Waals surface area contributed by atoms with E-state index in [-0.39, 0.29) is 12.7 Å². The topological polar surface area (TPSA) is 73.1 Å². The fourth-order valence-corrected chi connectivity index (χ4v) is 4.60. The molecule has 0 saturated carbocycles. The Morgan fingerprint density at radius 2 is 1.83 bits per heavy atom. The molecule has 0 aliphatic heterocycles. The average Bonchev–Trinajstić information content (AvgIpc) is 3.29. The van der Waals surface area contributed by atoms with Gasteiger partial charge < -0.3 is 14.4 Å². The molecule has 0 aliphatic rings. The van der Waals surface area contributed by atoms with Gasteiger partial charge in [-0.05, 0) is 48.7 Å². The zero-order valence-corrected chi connectivity index (χ0v) is 20.5. The second-order valence-electron chi connectivity index (χ2n) is 8.61. The van der Waals surface area contributed by atoms with Gasteiger partial charge in [-0.3, -0.25) is 4.98 Å². The summed E-state index contributed by atoms with van der Waals surface area (Å²) in [5.74, 6) is 0.680. The summed E-state index contributed by atoms with van der Waals surface area (Å²) in [6.07, 6.45) is 5.15. The molecule has 0 spiro atoms. The number of nitrogens with zero attached hydrogens (tertiary/aromatic N) is 4. The maximum absolute atomic E-state index is 10.2. The van der Waals surface area contributed by atoms with Crippen LogP contribution in [0.1, 0.15) is 19.4 Å². The van der Waals surface area contributed by atoms with Crippen LogP contribution in [0.2, 0.25) is 5.15 Å². The zero-order valence-electron chi connectivity index (χ0n) is 19.7. The van der Waals surface area contributed by atoms with Gasteiger partial charge >= 0.3 is 0 Å². The van der Waals surface area contributed by atoms with Crippen LogP contribution < -0.4 is 4.74 Å². The number of ether oxygens (including phenoxy) is 1. The molecule has 0 amide bonds. The molecule has 0 fully saturated rings. The lowest BCUT2D eigenvalue weighted by atomic mass is 9.95. The summed E-state index contributed by atoms with van der Waals surface area (Å²) in [4.78, 5) is 13.6. The Hall–Kier alpha value is -3.74. The first-order chi connectivity index (χ1) is 17.0. The number of aliphatic hydroxyl groups is 1. The number of aryl methyl sites for hydroxylation is 1. The van der Waals surface area contributed by atoms with Gasteiger partial charge in [0.15, 0.2) is 0 Å². The number of imidazole rings is 1. The number of hydrogen-bond donors (Lipinski definition) is 1. The van der Waals surface area contributed by atoms with Crippen LogP contribution in [0.15, 0.2) is 73.3 Å². The maximum atomic E-state index is 10.2. The normalized spacial score (nSPS) is 11.4. The van der Waals surface area contributed by atoms with E-state index in [0.717, 1.165) is 50.1 Å². The molecule has 3 heterocycles. The van der Waals surface area contributed by atoms with Crippen molar-refractivity contribution in [1.82, 2.24) is 19.5 Å². The minimum Gasteiger partial charge on any atom is -0.490 e. The van der Waals surface area contributed by atoms with Gasteiger partial charge in [0.2, 0.25) is 0 Å². The molecule has 5 rings (SSSR count). The summed E-state index contributed by atoms with van der Waals surface area (Å²) < 4.78 is 8.27. The highest BCUT2D eigenvalue weighted by atomic mass is 35.5. The molecule has 0 aliphatic carbocycles. The van der Waals surface area contributed by atoms with E-state index in [4.69, 9.17) is 21.3 Å². The van der Waals surface area contributed by atoms with E-state index in [1.807, 2.05) is 80.1 Å². The molecule has 0 bridgehead atoms. The molecular formula is C28H25ClN4O2. The number of halogens is 1. The summed E-state index contributed by atoms with van der Waals surface area (Å²) in [5.41, 5.74) is 6.51. The molecule has 0 unspecified atom stereocenters. The zero-order chi connectivity index (χ0) is 24.5. The predicted molar refractivity (Wildman–Crippen MR) is 139 cm³/mol. The fourth-order valence-electron chi connectivity index (χ4n) is 4.31. The van der Waals surface area contributed by atoms with Crippen molar-refractivity contribution in [2.24, 2.45) is 7.05 Å². The molecule has 0 radical (unpaired) electrons. The lowest BCUT2D eigenvalue weighted by Gasteiger charge is -2.19. The third-order valence-corrected chi connectivity index (χ3v) is 6.14. The van der Waals surface area contributed by atoms with E-state index in [2.05, 4.69) is 9.97 Å². The summed E-state index contributed by atoms with van der Waals surface area (Å²) in [7, 11) is 1.92. The Bertz CT molecular complexity index is 1510. The van der Waals surface area contributed by atoms with Crippen molar-refractivity contribution in [2.75, 3.05) is 0 Å². The summed E-state index contributed by atoms with van der Waals surface area (Å²) >= 11 is 6.70. The maximum Gasteiger partial charge on any atom is 0.141 e. The molecular weight excluding hydrogens is 460 g/mol. The van der Waals surface area contributed by atoms with Gasteiger partial charge in [0.05, 0.1) is 47.7 Å². The lowest BCUT2D eigenvalue weighted by Crippen LogP contribution is -2.08. The van der Waals surface area contributed by atoms with Crippen LogP contribution in [0.5, 0.6) is 5.75 Å². The Morgan fingerprint density at radius 3 is 2.51 bits per heavy atom. The lowest BCUT2D eigenvalue weighted by molar-refractivity contribution is 0.246. The number of aromatic nitrogens is 4. The number of aliphatic hydroxyl groups excluding tert-OH is 1. The number of hydrogen-bond acceptors (Lipinski definition) is 5. The number of fused-ring (bicyclic) bond motifs is 1. The molecule has 5 aromatic rings. The van der Waals surface area contributed by atoms with E-state index in [1.165, 1.54) is 0 Å². The second-order valence-corrected chi connectivity index (χ2v) is 8.97. The van der Waals surface area contributed by atoms with E-state index >= 15 is 0 Å². The Labute approximate surface area is 208 Å². The molecule has 1 N–H and O–H groups in total. The minimum absolute atomic E-state index is 0.0702. The standard InChI is InChI=1S/C28H25ClN4O2/c1-17(2)35-27-21-13-19(9-10-22(21)32-28(29)25(27)18-7-5-4-6-8-18)24-20(15-34)11-12-31-26(24)23-14-30-16-33(23)3/h4-14,16-17,34H,15H2,1-3H3. The van der Waals surface area contributed by atoms with Crippen molar-refractivity contribution in [3.8, 4) is 39.4 Å². The molecule has 2 aromatic carbocycles.